The van der Waals surface area contributed by atoms with Gasteiger partial charge in [0.15, 0.2) is 5.65 Å². The fraction of sp³-hybridized carbons (Fsp3) is 0.353. The summed E-state index contributed by atoms with van der Waals surface area (Å²) in [6, 6.07) is 1.81. The molecule has 1 amide bonds. The Bertz CT molecular complexity index is 992. The maximum Gasteiger partial charge on any atom is 0.253 e. The van der Waals surface area contributed by atoms with Gasteiger partial charge in [0.1, 0.15) is 5.82 Å². The van der Waals surface area contributed by atoms with Gasteiger partial charge in [0.25, 0.3) is 5.91 Å². The van der Waals surface area contributed by atoms with Gasteiger partial charge >= 0.3 is 0 Å². The minimum Gasteiger partial charge on any atom is -0.351 e. The molecule has 26 heavy (non-hydrogen) atoms. The Labute approximate surface area is 149 Å². The van der Waals surface area contributed by atoms with Gasteiger partial charge in [-0.05, 0) is 19.9 Å². The zero-order chi connectivity index (χ0) is 18.5. The topological polar surface area (TPSA) is 88.8 Å². The molecule has 0 saturated carbocycles. The Morgan fingerprint density at radius 3 is 2.69 bits per heavy atom. The minimum absolute atomic E-state index is 0.185. The number of fused-ring (bicyclic) bond motifs is 1. The molecule has 134 valence electrons. The van der Waals surface area contributed by atoms with Crippen LogP contribution in [-0.2, 0) is 7.05 Å². The number of hydrogen-bond donors (Lipinski definition) is 1. The molecule has 1 N–H and O–H groups in total. The van der Waals surface area contributed by atoms with Gasteiger partial charge in [0.05, 0.1) is 29.2 Å². The zero-order valence-corrected chi connectivity index (χ0v) is 14.7. The summed E-state index contributed by atoms with van der Waals surface area (Å²) in [7, 11) is 1.82. The van der Waals surface area contributed by atoms with E-state index in [1.165, 1.54) is 6.20 Å². The predicted octanol–water partition coefficient (Wildman–Crippen LogP) is 1.21. The first-order chi connectivity index (χ1) is 12.3. The largest absolute Gasteiger partial charge is 0.351 e. The highest BCUT2D eigenvalue weighted by molar-refractivity contribution is 5.97. The Kier molecular flexibility index (Phi) is 3.60. The normalized spacial score (nSPS) is 15.8. The SMILES string of the molecule is Cc1nn(C)c2ncc(C(=O)NC3(C)CN(c4cnc(F)cn4)C3)cc12. The van der Waals surface area contributed by atoms with Crippen LogP contribution in [-0.4, -0.2) is 49.3 Å². The molecule has 4 heterocycles. The van der Waals surface area contributed by atoms with E-state index < -0.39 is 11.5 Å². The van der Waals surface area contributed by atoms with Crippen molar-refractivity contribution in [2.45, 2.75) is 19.4 Å². The van der Waals surface area contributed by atoms with Crippen LogP contribution in [0, 0.1) is 12.9 Å². The Balaban J connectivity index is 1.47. The molecule has 1 aliphatic rings. The first-order valence-corrected chi connectivity index (χ1v) is 8.19. The number of nitrogens with zero attached hydrogens (tertiary/aromatic N) is 6. The fourth-order valence-electron chi connectivity index (χ4n) is 3.28. The van der Waals surface area contributed by atoms with E-state index in [9.17, 15) is 9.18 Å². The summed E-state index contributed by atoms with van der Waals surface area (Å²) in [5, 5.41) is 8.22. The van der Waals surface area contributed by atoms with E-state index in [0.717, 1.165) is 22.9 Å². The van der Waals surface area contributed by atoms with Gasteiger partial charge in [-0.2, -0.15) is 9.49 Å². The second kappa shape index (κ2) is 5.72. The van der Waals surface area contributed by atoms with Crippen molar-refractivity contribution < 1.29 is 9.18 Å². The van der Waals surface area contributed by atoms with Gasteiger partial charge in [-0.1, -0.05) is 0 Å². The number of pyridine rings is 1. The third-order valence-corrected chi connectivity index (χ3v) is 4.55. The molecule has 0 spiro atoms. The number of aryl methyl sites for hydroxylation is 2. The van der Waals surface area contributed by atoms with E-state index >= 15 is 0 Å². The molecular weight excluding hydrogens is 337 g/mol. The second-order valence-corrected chi connectivity index (χ2v) is 6.87. The molecule has 8 nitrogen and oxygen atoms in total. The average molecular weight is 355 g/mol. The van der Waals surface area contributed by atoms with Crippen molar-refractivity contribution in [2.75, 3.05) is 18.0 Å². The lowest BCUT2D eigenvalue weighted by molar-refractivity contribution is 0.0888. The third kappa shape index (κ3) is 2.75. The molecule has 1 saturated heterocycles. The monoisotopic (exact) mass is 355 g/mol. The van der Waals surface area contributed by atoms with Gasteiger partial charge in [-0.25, -0.2) is 15.0 Å². The van der Waals surface area contributed by atoms with Gasteiger partial charge < -0.3 is 10.2 Å². The average Bonchev–Trinajstić information content (AvgIpc) is 2.87. The summed E-state index contributed by atoms with van der Waals surface area (Å²) in [6.07, 6.45) is 4.03. The Morgan fingerprint density at radius 2 is 2.00 bits per heavy atom. The summed E-state index contributed by atoms with van der Waals surface area (Å²) in [4.78, 5) is 26.5. The number of aromatic nitrogens is 5. The lowest BCUT2D eigenvalue weighted by Gasteiger charge is -2.48. The number of anilines is 1. The molecule has 3 aromatic rings. The second-order valence-electron chi connectivity index (χ2n) is 6.87. The summed E-state index contributed by atoms with van der Waals surface area (Å²) in [5.74, 6) is -0.207. The molecule has 0 unspecified atom stereocenters. The molecule has 9 heteroatoms. The third-order valence-electron chi connectivity index (χ3n) is 4.55. The molecule has 4 rings (SSSR count). The highest BCUT2D eigenvalue weighted by atomic mass is 19.1. The summed E-state index contributed by atoms with van der Waals surface area (Å²) in [6.45, 7) is 4.99. The number of hydrogen-bond acceptors (Lipinski definition) is 6. The molecule has 0 bridgehead atoms. The van der Waals surface area contributed by atoms with Gasteiger partial charge in [0.2, 0.25) is 5.95 Å². The van der Waals surface area contributed by atoms with Crippen molar-refractivity contribution in [2.24, 2.45) is 7.05 Å². The Morgan fingerprint density at radius 1 is 1.23 bits per heavy atom. The van der Waals surface area contributed by atoms with Crippen LogP contribution in [0.15, 0.2) is 24.7 Å². The van der Waals surface area contributed by atoms with Crippen molar-refractivity contribution in [1.29, 1.82) is 0 Å². The van der Waals surface area contributed by atoms with Crippen molar-refractivity contribution in [3.63, 3.8) is 0 Å². The van der Waals surface area contributed by atoms with E-state index in [0.29, 0.717) is 24.5 Å². The molecule has 1 fully saturated rings. The molecule has 0 atom stereocenters. The highest BCUT2D eigenvalue weighted by Gasteiger charge is 2.41. The number of carbonyl (C=O) groups is 1. The van der Waals surface area contributed by atoms with Crippen LogP contribution in [0.1, 0.15) is 23.0 Å². The molecular formula is C17H18FN7O. The van der Waals surface area contributed by atoms with E-state index in [1.54, 1.807) is 10.9 Å². The van der Waals surface area contributed by atoms with Crippen molar-refractivity contribution in [1.82, 2.24) is 30.0 Å². The summed E-state index contributed by atoms with van der Waals surface area (Å²) < 4.78 is 14.6. The molecule has 0 aromatic carbocycles. The van der Waals surface area contributed by atoms with Gasteiger partial charge in [0, 0.05) is 31.7 Å². The predicted molar refractivity (Wildman–Crippen MR) is 93.3 cm³/mol. The van der Waals surface area contributed by atoms with Crippen molar-refractivity contribution in [3.8, 4) is 0 Å². The Hall–Kier alpha value is -3.10. The minimum atomic E-state index is -0.612. The van der Waals surface area contributed by atoms with Gasteiger partial charge in [-0.3, -0.25) is 9.48 Å². The van der Waals surface area contributed by atoms with Crippen molar-refractivity contribution >= 4 is 22.8 Å². The van der Waals surface area contributed by atoms with Crippen LogP contribution in [0.3, 0.4) is 0 Å². The lowest BCUT2D eigenvalue weighted by atomic mass is 9.91. The van der Waals surface area contributed by atoms with Gasteiger partial charge in [-0.15, -0.1) is 0 Å². The van der Waals surface area contributed by atoms with E-state index in [4.69, 9.17) is 0 Å². The number of halogens is 1. The van der Waals surface area contributed by atoms with E-state index in [1.807, 2.05) is 31.9 Å². The first-order valence-electron chi connectivity index (χ1n) is 8.19. The summed E-state index contributed by atoms with van der Waals surface area (Å²) >= 11 is 0. The number of amides is 1. The number of carbonyl (C=O) groups excluding carboxylic acids is 1. The van der Waals surface area contributed by atoms with Crippen LogP contribution < -0.4 is 10.2 Å². The zero-order valence-electron chi connectivity index (χ0n) is 14.7. The standard InChI is InChI=1S/C17H18FN7O/c1-10-12-4-11(5-21-15(12)24(3)23-10)16(26)22-17(2)8-25(9-17)14-7-19-13(18)6-20-14/h4-7H,8-9H2,1-3H3,(H,22,26). The first kappa shape index (κ1) is 16.4. The van der Waals surface area contributed by atoms with E-state index in [2.05, 4.69) is 25.4 Å². The van der Waals surface area contributed by atoms with E-state index in [-0.39, 0.29) is 5.91 Å². The van der Waals surface area contributed by atoms with Crippen LogP contribution in [0.4, 0.5) is 10.2 Å². The lowest BCUT2D eigenvalue weighted by Crippen LogP contribution is -2.69. The van der Waals surface area contributed by atoms with Crippen LogP contribution in [0.2, 0.25) is 0 Å². The quantitative estimate of drug-likeness (QED) is 0.760. The molecule has 0 aliphatic carbocycles. The van der Waals surface area contributed by atoms with Crippen LogP contribution in [0.5, 0.6) is 0 Å². The number of nitrogens with one attached hydrogen (secondary N) is 1. The summed E-state index contributed by atoms with van der Waals surface area (Å²) in [5.41, 5.74) is 1.68. The number of rotatable bonds is 3. The molecule has 3 aromatic heterocycles. The maximum atomic E-state index is 12.9. The van der Waals surface area contributed by atoms with Crippen LogP contribution >= 0.6 is 0 Å². The molecule has 1 aliphatic heterocycles. The maximum absolute atomic E-state index is 12.9. The van der Waals surface area contributed by atoms with Crippen molar-refractivity contribution in [3.05, 3.63) is 41.9 Å². The van der Waals surface area contributed by atoms with Crippen LogP contribution in [0.25, 0.3) is 11.0 Å². The highest BCUT2D eigenvalue weighted by Crippen LogP contribution is 2.26. The molecule has 0 radical (unpaired) electrons. The fourth-order valence-corrected chi connectivity index (χ4v) is 3.28. The smallest absolute Gasteiger partial charge is 0.253 e.